The zero-order valence-electron chi connectivity index (χ0n) is 10.0. The number of thiophene rings is 1. The number of nitrogens with one attached hydrogen (secondary N) is 1. The number of hydrogen-bond acceptors (Lipinski definition) is 3. The van der Waals surface area contributed by atoms with Crippen molar-refractivity contribution in [3.8, 4) is 0 Å². The third kappa shape index (κ3) is 3.53. The lowest BCUT2D eigenvalue weighted by atomic mass is 9.88. The topological polar surface area (TPSA) is 55.1 Å². The molecule has 0 fully saturated rings. The number of amides is 1. The van der Waals surface area contributed by atoms with E-state index in [4.69, 9.17) is 5.73 Å². The number of carbonyl (C=O) groups excluding carboxylic acids is 1. The Labute approximate surface area is 122 Å². The smallest absolute Gasteiger partial charge is 0.253 e. The van der Waals surface area contributed by atoms with Crippen molar-refractivity contribution in [1.29, 1.82) is 0 Å². The highest BCUT2D eigenvalue weighted by Gasteiger charge is 2.29. The van der Waals surface area contributed by atoms with Gasteiger partial charge in [-0.1, -0.05) is 13.8 Å². The van der Waals surface area contributed by atoms with Gasteiger partial charge in [0.25, 0.3) is 5.91 Å². The van der Waals surface area contributed by atoms with Crippen molar-refractivity contribution in [1.82, 2.24) is 5.32 Å². The maximum atomic E-state index is 12.1. The second kappa shape index (κ2) is 5.82. The minimum atomic E-state index is -0.384. The van der Waals surface area contributed by atoms with Crippen LogP contribution in [0.3, 0.4) is 0 Å². The summed E-state index contributed by atoms with van der Waals surface area (Å²) < 4.78 is 1.75. The molecule has 6 heteroatoms. The molecule has 3 nitrogen and oxygen atoms in total. The average Bonchev–Trinajstić information content (AvgIpc) is 2.57. The fourth-order valence-electron chi connectivity index (χ4n) is 1.25. The van der Waals surface area contributed by atoms with Crippen LogP contribution in [0.15, 0.2) is 13.6 Å². The van der Waals surface area contributed by atoms with E-state index < -0.39 is 0 Å². The molecule has 17 heavy (non-hydrogen) atoms. The highest BCUT2D eigenvalue weighted by Crippen LogP contribution is 2.32. The summed E-state index contributed by atoms with van der Waals surface area (Å²) in [6.45, 7) is 6.47. The van der Waals surface area contributed by atoms with Gasteiger partial charge in [0.15, 0.2) is 0 Å². The minimum absolute atomic E-state index is 0.0968. The lowest BCUT2D eigenvalue weighted by Gasteiger charge is -2.33. The lowest BCUT2D eigenvalue weighted by Crippen LogP contribution is -2.55. The summed E-state index contributed by atoms with van der Waals surface area (Å²) in [6, 6.07) is 1.81. The van der Waals surface area contributed by atoms with E-state index in [1.807, 2.05) is 20.8 Å². The van der Waals surface area contributed by atoms with Crippen molar-refractivity contribution < 1.29 is 4.79 Å². The molecule has 0 aliphatic heterocycles. The zero-order chi connectivity index (χ0) is 13.2. The van der Waals surface area contributed by atoms with E-state index in [0.717, 1.165) is 7.57 Å². The first-order valence-corrected chi connectivity index (χ1v) is 7.68. The summed E-state index contributed by atoms with van der Waals surface area (Å²) in [4.78, 5) is 12.1. The monoisotopic (exact) mass is 382 g/mol. The van der Waals surface area contributed by atoms with Gasteiger partial charge in [-0.2, -0.15) is 0 Å². The van der Waals surface area contributed by atoms with Crippen LogP contribution in [0.5, 0.6) is 0 Å². The molecule has 0 aromatic carbocycles. The summed E-state index contributed by atoms with van der Waals surface area (Å²) in [7, 11) is 0. The van der Waals surface area contributed by atoms with Crippen LogP contribution >= 0.6 is 43.2 Å². The first kappa shape index (κ1) is 15.1. The van der Waals surface area contributed by atoms with Crippen LogP contribution in [0.25, 0.3) is 0 Å². The molecular weight excluding hydrogens is 368 g/mol. The van der Waals surface area contributed by atoms with Crippen LogP contribution in [0.2, 0.25) is 0 Å². The van der Waals surface area contributed by atoms with E-state index in [1.54, 1.807) is 6.07 Å². The summed E-state index contributed by atoms with van der Waals surface area (Å²) in [5.41, 5.74) is 6.00. The summed E-state index contributed by atoms with van der Waals surface area (Å²) >= 11 is 8.22. The van der Waals surface area contributed by atoms with Crippen molar-refractivity contribution >= 4 is 49.1 Å². The van der Waals surface area contributed by atoms with Crippen LogP contribution in [0.1, 0.15) is 31.1 Å². The number of halogens is 2. The summed E-state index contributed by atoms with van der Waals surface area (Å²) in [5, 5.41) is 3.00. The fraction of sp³-hybridized carbons (Fsp3) is 0.545. The Morgan fingerprint density at radius 3 is 2.53 bits per heavy atom. The van der Waals surface area contributed by atoms with Crippen LogP contribution in [0.4, 0.5) is 0 Å². The Morgan fingerprint density at radius 1 is 1.59 bits per heavy atom. The van der Waals surface area contributed by atoms with Gasteiger partial charge in [-0.3, -0.25) is 4.79 Å². The van der Waals surface area contributed by atoms with Crippen molar-refractivity contribution in [2.45, 2.75) is 26.3 Å². The number of nitrogens with two attached hydrogens (primary N) is 1. The Balaban J connectivity index is 2.89. The standard InChI is InChI=1S/C11H16Br2N2OS/c1-6(2)11(3,5-14)15-10(16)7-4-8(12)17-9(7)13/h4,6H,5,14H2,1-3H3,(H,15,16). The molecule has 1 heterocycles. The molecule has 1 amide bonds. The van der Waals surface area contributed by atoms with Gasteiger partial charge in [-0.15, -0.1) is 11.3 Å². The fourth-order valence-corrected chi connectivity index (χ4v) is 4.05. The van der Waals surface area contributed by atoms with Gasteiger partial charge in [0.1, 0.15) is 0 Å². The largest absolute Gasteiger partial charge is 0.345 e. The normalized spacial score (nSPS) is 14.8. The average molecular weight is 384 g/mol. The summed E-state index contributed by atoms with van der Waals surface area (Å²) in [6.07, 6.45) is 0. The molecule has 0 spiro atoms. The van der Waals surface area contributed by atoms with Crippen molar-refractivity contribution in [3.63, 3.8) is 0 Å². The van der Waals surface area contributed by atoms with E-state index in [-0.39, 0.29) is 17.4 Å². The molecule has 1 rings (SSSR count). The second-order valence-electron chi connectivity index (χ2n) is 4.47. The summed E-state index contributed by atoms with van der Waals surface area (Å²) in [5.74, 6) is 0.178. The van der Waals surface area contributed by atoms with Gasteiger partial charge in [-0.05, 0) is 50.8 Å². The molecule has 1 aromatic heterocycles. The first-order chi connectivity index (χ1) is 7.80. The van der Waals surface area contributed by atoms with Crippen LogP contribution in [-0.2, 0) is 0 Å². The Kier molecular flexibility index (Phi) is 5.19. The van der Waals surface area contributed by atoms with Crippen molar-refractivity contribution in [2.24, 2.45) is 11.7 Å². The van der Waals surface area contributed by atoms with Crippen molar-refractivity contribution in [3.05, 3.63) is 19.2 Å². The van der Waals surface area contributed by atoms with E-state index in [0.29, 0.717) is 12.1 Å². The molecule has 0 radical (unpaired) electrons. The molecule has 96 valence electrons. The molecule has 1 atom stereocenters. The van der Waals surface area contributed by atoms with E-state index in [1.165, 1.54) is 11.3 Å². The maximum Gasteiger partial charge on any atom is 0.253 e. The zero-order valence-corrected chi connectivity index (χ0v) is 14.0. The van der Waals surface area contributed by atoms with Crippen molar-refractivity contribution in [2.75, 3.05) is 6.54 Å². The first-order valence-electron chi connectivity index (χ1n) is 5.27. The SMILES string of the molecule is CC(C)C(C)(CN)NC(=O)c1cc(Br)sc1Br. The number of rotatable bonds is 4. The van der Waals surface area contributed by atoms with E-state index >= 15 is 0 Å². The van der Waals surface area contributed by atoms with Gasteiger partial charge >= 0.3 is 0 Å². The van der Waals surface area contributed by atoms with Gasteiger partial charge in [-0.25, -0.2) is 0 Å². The molecule has 1 unspecified atom stereocenters. The van der Waals surface area contributed by atoms with Gasteiger partial charge in [0.05, 0.1) is 18.7 Å². The van der Waals surface area contributed by atoms with Crippen LogP contribution in [0, 0.1) is 5.92 Å². The maximum absolute atomic E-state index is 12.1. The molecule has 0 saturated heterocycles. The molecule has 0 bridgehead atoms. The van der Waals surface area contributed by atoms with Gasteiger partial charge in [0, 0.05) is 6.54 Å². The third-order valence-electron chi connectivity index (χ3n) is 3.00. The molecule has 0 aliphatic rings. The minimum Gasteiger partial charge on any atom is -0.345 e. The molecule has 1 aromatic rings. The van der Waals surface area contributed by atoms with E-state index in [9.17, 15) is 4.79 Å². The second-order valence-corrected chi connectivity index (χ2v) is 8.22. The predicted octanol–water partition coefficient (Wildman–Crippen LogP) is 3.38. The number of hydrogen-bond donors (Lipinski definition) is 2. The number of carbonyl (C=O) groups is 1. The predicted molar refractivity (Wildman–Crippen MR) is 79.5 cm³/mol. The van der Waals surface area contributed by atoms with Gasteiger partial charge < -0.3 is 11.1 Å². The van der Waals surface area contributed by atoms with Crippen LogP contribution < -0.4 is 11.1 Å². The highest BCUT2D eigenvalue weighted by atomic mass is 79.9. The van der Waals surface area contributed by atoms with Crippen LogP contribution in [-0.4, -0.2) is 18.0 Å². The molecule has 0 saturated carbocycles. The quantitative estimate of drug-likeness (QED) is 0.837. The molecular formula is C11H16Br2N2OS. The Bertz CT molecular complexity index is 420. The third-order valence-corrected chi connectivity index (χ3v) is 5.34. The highest BCUT2D eigenvalue weighted by molar-refractivity contribution is 9.12. The molecule has 0 aliphatic carbocycles. The Morgan fingerprint density at radius 2 is 2.18 bits per heavy atom. The molecule has 3 N–H and O–H groups in total. The van der Waals surface area contributed by atoms with Gasteiger partial charge in [0.2, 0.25) is 0 Å². The lowest BCUT2D eigenvalue weighted by molar-refractivity contribution is 0.0883. The Hall–Kier alpha value is 0.0900. The van der Waals surface area contributed by atoms with E-state index in [2.05, 4.69) is 37.2 Å².